The van der Waals surface area contributed by atoms with Crippen LogP contribution < -0.4 is 15.4 Å². The van der Waals surface area contributed by atoms with Gasteiger partial charge in [-0.1, -0.05) is 36.4 Å². The second kappa shape index (κ2) is 10.0. The Labute approximate surface area is 180 Å². The number of carbonyl (C=O) groups excluding carboxylic acids is 3. The summed E-state index contributed by atoms with van der Waals surface area (Å²) in [5.74, 6) is -0.809. The van der Waals surface area contributed by atoms with E-state index < -0.39 is 5.97 Å². The van der Waals surface area contributed by atoms with Gasteiger partial charge in [0.25, 0.3) is 5.91 Å². The molecule has 0 atom stereocenters. The number of benzene rings is 3. The molecule has 3 aromatic rings. The van der Waals surface area contributed by atoms with E-state index >= 15 is 0 Å². The van der Waals surface area contributed by atoms with Crippen LogP contribution in [0.3, 0.4) is 0 Å². The third-order valence-corrected chi connectivity index (χ3v) is 4.35. The zero-order valence-electron chi connectivity index (χ0n) is 17.2. The lowest BCUT2D eigenvalue weighted by Crippen LogP contribution is -2.13. The lowest BCUT2D eigenvalue weighted by atomic mass is 10.1. The van der Waals surface area contributed by atoms with E-state index in [4.69, 9.17) is 4.74 Å². The molecule has 0 aliphatic heterocycles. The molecule has 0 aliphatic carbocycles. The lowest BCUT2D eigenvalue weighted by Gasteiger charge is -2.09. The molecule has 31 heavy (non-hydrogen) atoms. The van der Waals surface area contributed by atoms with Crippen molar-refractivity contribution in [2.45, 2.75) is 13.8 Å². The van der Waals surface area contributed by atoms with E-state index in [1.807, 2.05) is 31.2 Å². The highest BCUT2D eigenvalue weighted by molar-refractivity contribution is 6.05. The van der Waals surface area contributed by atoms with Gasteiger partial charge in [-0.2, -0.15) is 0 Å². The topological polar surface area (TPSA) is 84.5 Å². The molecule has 0 heterocycles. The van der Waals surface area contributed by atoms with Gasteiger partial charge in [-0.25, -0.2) is 0 Å². The quantitative estimate of drug-likeness (QED) is 0.344. The van der Waals surface area contributed by atoms with E-state index in [-0.39, 0.29) is 11.8 Å². The van der Waals surface area contributed by atoms with Crippen molar-refractivity contribution in [1.82, 2.24) is 0 Å². The summed E-state index contributed by atoms with van der Waals surface area (Å²) in [5.41, 5.74) is 3.45. The van der Waals surface area contributed by atoms with E-state index in [0.29, 0.717) is 22.7 Å². The molecule has 0 saturated heterocycles. The summed E-state index contributed by atoms with van der Waals surface area (Å²) in [5, 5.41) is 5.55. The molecule has 0 fully saturated rings. The molecule has 6 nitrogen and oxygen atoms in total. The molecule has 0 saturated carbocycles. The van der Waals surface area contributed by atoms with Crippen LogP contribution in [0, 0.1) is 6.92 Å². The Kier molecular flexibility index (Phi) is 6.96. The molecule has 2 N–H and O–H groups in total. The number of aryl methyl sites for hydroxylation is 1. The average molecular weight is 414 g/mol. The number of hydrogen-bond acceptors (Lipinski definition) is 4. The first kappa shape index (κ1) is 21.5. The maximum atomic E-state index is 12.5. The first-order valence-corrected chi connectivity index (χ1v) is 9.65. The number of nitrogens with one attached hydrogen (secondary N) is 2. The van der Waals surface area contributed by atoms with Crippen LogP contribution in [0.1, 0.15) is 28.4 Å². The highest BCUT2D eigenvalue weighted by Gasteiger charge is 2.09. The molecule has 0 bridgehead atoms. The predicted molar refractivity (Wildman–Crippen MR) is 121 cm³/mol. The van der Waals surface area contributed by atoms with Crippen molar-refractivity contribution >= 4 is 35.2 Å². The molecular weight excluding hydrogens is 392 g/mol. The zero-order valence-corrected chi connectivity index (χ0v) is 17.2. The first-order chi connectivity index (χ1) is 14.9. The Morgan fingerprint density at radius 1 is 0.839 bits per heavy atom. The highest BCUT2D eigenvalue weighted by atomic mass is 16.5. The van der Waals surface area contributed by atoms with Gasteiger partial charge in [0, 0.05) is 29.9 Å². The maximum Gasteiger partial charge on any atom is 0.308 e. The van der Waals surface area contributed by atoms with Crippen molar-refractivity contribution in [3.8, 4) is 5.75 Å². The normalized spacial score (nSPS) is 10.5. The molecule has 2 amide bonds. The van der Waals surface area contributed by atoms with Crippen LogP contribution in [0.4, 0.5) is 11.4 Å². The summed E-state index contributed by atoms with van der Waals surface area (Å²) in [4.78, 5) is 35.9. The fourth-order valence-electron chi connectivity index (χ4n) is 2.87. The van der Waals surface area contributed by atoms with Crippen molar-refractivity contribution in [1.29, 1.82) is 0 Å². The number of amides is 2. The fourth-order valence-corrected chi connectivity index (χ4v) is 2.87. The lowest BCUT2D eigenvalue weighted by molar-refractivity contribution is -0.131. The van der Waals surface area contributed by atoms with Crippen molar-refractivity contribution in [3.63, 3.8) is 0 Å². The number of ether oxygens (including phenoxy) is 1. The maximum absolute atomic E-state index is 12.5. The molecule has 0 aromatic heterocycles. The van der Waals surface area contributed by atoms with Gasteiger partial charge >= 0.3 is 5.97 Å². The smallest absolute Gasteiger partial charge is 0.308 e. The molecule has 0 spiro atoms. The molecule has 3 aromatic carbocycles. The molecule has 6 heteroatoms. The largest absolute Gasteiger partial charge is 0.427 e. The summed E-state index contributed by atoms with van der Waals surface area (Å²) in [6.45, 7) is 3.27. The molecular formula is C25H22N2O4. The highest BCUT2D eigenvalue weighted by Crippen LogP contribution is 2.18. The second-order valence-electron chi connectivity index (χ2n) is 6.84. The Morgan fingerprint density at radius 3 is 2.29 bits per heavy atom. The Bertz CT molecular complexity index is 1150. The zero-order chi connectivity index (χ0) is 22.2. The van der Waals surface area contributed by atoms with Crippen LogP contribution in [-0.4, -0.2) is 17.8 Å². The summed E-state index contributed by atoms with van der Waals surface area (Å²) >= 11 is 0. The number of rotatable bonds is 6. The molecule has 0 unspecified atom stereocenters. The Morgan fingerprint density at radius 2 is 1.55 bits per heavy atom. The van der Waals surface area contributed by atoms with E-state index in [0.717, 1.165) is 11.1 Å². The summed E-state index contributed by atoms with van der Waals surface area (Å²) in [6, 6.07) is 20.9. The average Bonchev–Trinajstić information content (AvgIpc) is 2.73. The SMILES string of the molecule is CC(=O)Oc1cccc(C(=O)Nc2cccc(NC(=O)/C=C/c3ccccc3C)c2)c1. The molecule has 0 radical (unpaired) electrons. The van der Waals surface area contributed by atoms with Gasteiger partial charge in [0.1, 0.15) is 5.75 Å². The fraction of sp³-hybridized carbons (Fsp3) is 0.0800. The molecule has 0 aliphatic rings. The number of esters is 1. The van der Waals surface area contributed by atoms with Crippen LogP contribution in [-0.2, 0) is 9.59 Å². The summed E-state index contributed by atoms with van der Waals surface area (Å²) in [6.07, 6.45) is 3.22. The molecule has 156 valence electrons. The van der Waals surface area contributed by atoms with Crippen LogP contribution in [0.2, 0.25) is 0 Å². The summed E-state index contributed by atoms with van der Waals surface area (Å²) in [7, 11) is 0. The van der Waals surface area contributed by atoms with E-state index in [1.165, 1.54) is 19.1 Å². The third-order valence-electron chi connectivity index (χ3n) is 4.35. The van der Waals surface area contributed by atoms with E-state index in [2.05, 4.69) is 10.6 Å². The number of carbonyl (C=O) groups is 3. The van der Waals surface area contributed by atoms with Crippen LogP contribution in [0.15, 0.2) is 78.9 Å². The van der Waals surface area contributed by atoms with Gasteiger partial charge < -0.3 is 15.4 Å². The van der Waals surface area contributed by atoms with E-state index in [1.54, 1.807) is 48.5 Å². The second-order valence-corrected chi connectivity index (χ2v) is 6.84. The first-order valence-electron chi connectivity index (χ1n) is 9.65. The van der Waals surface area contributed by atoms with Gasteiger partial charge in [0.2, 0.25) is 5.91 Å². The van der Waals surface area contributed by atoms with Crippen molar-refractivity contribution in [2.24, 2.45) is 0 Å². The van der Waals surface area contributed by atoms with Gasteiger partial charge in [0.15, 0.2) is 0 Å². The van der Waals surface area contributed by atoms with Crippen molar-refractivity contribution in [2.75, 3.05) is 10.6 Å². The van der Waals surface area contributed by atoms with Crippen LogP contribution in [0.5, 0.6) is 5.75 Å². The minimum absolute atomic E-state index is 0.277. The molecule has 3 rings (SSSR count). The van der Waals surface area contributed by atoms with Gasteiger partial charge in [0.05, 0.1) is 0 Å². The minimum Gasteiger partial charge on any atom is -0.427 e. The monoisotopic (exact) mass is 414 g/mol. The predicted octanol–water partition coefficient (Wildman–Crippen LogP) is 4.82. The minimum atomic E-state index is -0.461. The Balaban J connectivity index is 1.65. The van der Waals surface area contributed by atoms with E-state index in [9.17, 15) is 14.4 Å². The van der Waals surface area contributed by atoms with Crippen LogP contribution in [0.25, 0.3) is 6.08 Å². The van der Waals surface area contributed by atoms with Crippen molar-refractivity contribution in [3.05, 3.63) is 95.6 Å². The van der Waals surface area contributed by atoms with Crippen molar-refractivity contribution < 1.29 is 19.1 Å². The van der Waals surface area contributed by atoms with Gasteiger partial charge in [-0.05, 0) is 60.5 Å². The van der Waals surface area contributed by atoms with Crippen LogP contribution >= 0.6 is 0 Å². The number of anilines is 2. The number of hydrogen-bond donors (Lipinski definition) is 2. The standard InChI is InChI=1S/C25H22N2O4/c1-17-7-3-4-8-19(17)13-14-24(29)26-21-10-6-11-22(16-21)27-25(30)20-9-5-12-23(15-20)31-18(2)28/h3-16H,1-2H3,(H,26,29)(H,27,30)/b14-13+. The summed E-state index contributed by atoms with van der Waals surface area (Å²) < 4.78 is 5.01. The van der Waals surface area contributed by atoms with Gasteiger partial charge in [-0.3, -0.25) is 14.4 Å². The Hall–Kier alpha value is -4.19. The van der Waals surface area contributed by atoms with Gasteiger partial charge in [-0.15, -0.1) is 0 Å². The third kappa shape index (κ3) is 6.40.